The van der Waals surface area contributed by atoms with Gasteiger partial charge in [-0.3, -0.25) is 9.59 Å². The molecule has 0 bridgehead atoms. The smallest absolute Gasteiger partial charge is 0.273 e. The van der Waals surface area contributed by atoms with Crippen LogP contribution >= 0.6 is 11.3 Å². The molecule has 0 unspecified atom stereocenters. The summed E-state index contributed by atoms with van der Waals surface area (Å²) in [6, 6.07) is 14.5. The van der Waals surface area contributed by atoms with Gasteiger partial charge in [-0.15, -0.1) is 11.3 Å². The lowest BCUT2D eigenvalue weighted by Crippen LogP contribution is -2.22. The van der Waals surface area contributed by atoms with Crippen LogP contribution in [0.15, 0.2) is 53.1 Å². The molecule has 0 radical (unpaired) electrons. The molecule has 0 saturated heterocycles. The standard InChI is InChI=1S/C19H16N2O3S/c22-18(13-4-2-1-3-5-13)17-9-8-14(25-17)11-20-19(23)15-10-16(24-21-15)12-6-7-12/h1-5,8-10,12H,6-7,11H2,(H,20,23). The zero-order chi connectivity index (χ0) is 17.2. The van der Waals surface area contributed by atoms with Crippen molar-refractivity contribution < 1.29 is 14.1 Å². The van der Waals surface area contributed by atoms with Crippen molar-refractivity contribution in [3.8, 4) is 0 Å². The zero-order valence-electron chi connectivity index (χ0n) is 13.4. The predicted octanol–water partition coefficient (Wildman–Crippen LogP) is 3.77. The second-order valence-corrected chi connectivity index (χ2v) is 7.20. The SMILES string of the molecule is O=C(NCc1ccc(C(=O)c2ccccc2)s1)c1cc(C2CC2)on1. The van der Waals surface area contributed by atoms with E-state index in [1.165, 1.54) is 11.3 Å². The molecule has 25 heavy (non-hydrogen) atoms. The molecule has 1 N–H and O–H groups in total. The minimum Gasteiger partial charge on any atom is -0.360 e. The van der Waals surface area contributed by atoms with Crippen molar-refractivity contribution in [2.24, 2.45) is 0 Å². The minimum atomic E-state index is -0.264. The van der Waals surface area contributed by atoms with Crippen molar-refractivity contribution in [2.75, 3.05) is 0 Å². The quantitative estimate of drug-likeness (QED) is 0.685. The molecule has 1 saturated carbocycles. The minimum absolute atomic E-state index is 0.00578. The van der Waals surface area contributed by atoms with Crippen molar-refractivity contribution in [1.29, 1.82) is 0 Å². The summed E-state index contributed by atoms with van der Waals surface area (Å²) in [7, 11) is 0. The largest absolute Gasteiger partial charge is 0.360 e. The Hall–Kier alpha value is -2.73. The highest BCUT2D eigenvalue weighted by Crippen LogP contribution is 2.40. The summed E-state index contributed by atoms with van der Waals surface area (Å²) in [5.41, 5.74) is 0.967. The topological polar surface area (TPSA) is 72.2 Å². The summed E-state index contributed by atoms with van der Waals surface area (Å²) in [4.78, 5) is 26.1. The maximum absolute atomic E-state index is 12.4. The Kier molecular flexibility index (Phi) is 4.19. The summed E-state index contributed by atoms with van der Waals surface area (Å²) in [6.07, 6.45) is 2.20. The molecule has 5 nitrogen and oxygen atoms in total. The van der Waals surface area contributed by atoms with Crippen molar-refractivity contribution in [3.05, 3.63) is 75.3 Å². The first kappa shape index (κ1) is 15.8. The van der Waals surface area contributed by atoms with Crippen LogP contribution in [0.1, 0.15) is 55.1 Å². The van der Waals surface area contributed by atoms with Crippen LogP contribution in [0.2, 0.25) is 0 Å². The summed E-state index contributed by atoms with van der Waals surface area (Å²) in [5.74, 6) is 0.948. The third-order valence-corrected chi connectivity index (χ3v) is 5.17. The van der Waals surface area contributed by atoms with Crippen LogP contribution in [0.25, 0.3) is 0 Å². The fourth-order valence-electron chi connectivity index (χ4n) is 2.54. The Balaban J connectivity index is 1.37. The molecule has 4 rings (SSSR count). The van der Waals surface area contributed by atoms with E-state index in [1.807, 2.05) is 24.3 Å². The van der Waals surface area contributed by atoms with Crippen molar-refractivity contribution in [3.63, 3.8) is 0 Å². The average Bonchev–Trinajstić information content (AvgIpc) is 3.19. The highest BCUT2D eigenvalue weighted by atomic mass is 32.1. The molecule has 0 aliphatic heterocycles. The number of hydrogen-bond acceptors (Lipinski definition) is 5. The summed E-state index contributed by atoms with van der Waals surface area (Å²) < 4.78 is 5.19. The van der Waals surface area contributed by atoms with Crippen LogP contribution in [-0.2, 0) is 6.54 Å². The van der Waals surface area contributed by atoms with Crippen LogP contribution in [0.4, 0.5) is 0 Å². The first-order chi connectivity index (χ1) is 12.2. The highest BCUT2D eigenvalue weighted by molar-refractivity contribution is 7.14. The number of benzene rings is 1. The first-order valence-electron chi connectivity index (χ1n) is 8.14. The molecule has 6 heteroatoms. The summed E-state index contributed by atoms with van der Waals surface area (Å²) in [5, 5.41) is 6.64. The van der Waals surface area contributed by atoms with Gasteiger partial charge >= 0.3 is 0 Å². The number of amides is 1. The second-order valence-electron chi connectivity index (χ2n) is 6.03. The van der Waals surface area contributed by atoms with Gasteiger partial charge in [0.25, 0.3) is 5.91 Å². The van der Waals surface area contributed by atoms with E-state index in [2.05, 4.69) is 10.5 Å². The van der Waals surface area contributed by atoms with E-state index in [9.17, 15) is 9.59 Å². The normalized spacial score (nSPS) is 13.6. The number of carbonyl (C=O) groups is 2. The van der Waals surface area contributed by atoms with Crippen LogP contribution in [0, 0.1) is 0 Å². The van der Waals surface area contributed by atoms with Crippen molar-refractivity contribution in [2.45, 2.75) is 25.3 Å². The van der Waals surface area contributed by atoms with Gasteiger partial charge in [0, 0.05) is 22.4 Å². The number of carbonyl (C=O) groups excluding carboxylic acids is 2. The second kappa shape index (κ2) is 6.64. The molecular formula is C19H16N2O3S. The first-order valence-corrected chi connectivity index (χ1v) is 8.95. The highest BCUT2D eigenvalue weighted by Gasteiger charge is 2.28. The monoisotopic (exact) mass is 352 g/mol. The van der Waals surface area contributed by atoms with Crippen LogP contribution in [0.3, 0.4) is 0 Å². The predicted molar refractivity (Wildman–Crippen MR) is 93.8 cm³/mol. The lowest BCUT2D eigenvalue weighted by atomic mass is 10.1. The molecule has 1 aliphatic carbocycles. The van der Waals surface area contributed by atoms with Crippen LogP contribution in [-0.4, -0.2) is 16.8 Å². The molecule has 2 heterocycles. The van der Waals surface area contributed by atoms with Crippen molar-refractivity contribution >= 4 is 23.0 Å². The van der Waals surface area contributed by atoms with E-state index in [0.29, 0.717) is 28.6 Å². The average molecular weight is 352 g/mol. The third kappa shape index (κ3) is 3.53. The number of nitrogens with one attached hydrogen (secondary N) is 1. The van der Waals surface area contributed by atoms with Crippen LogP contribution in [0.5, 0.6) is 0 Å². The third-order valence-electron chi connectivity index (χ3n) is 4.09. The number of hydrogen-bond donors (Lipinski definition) is 1. The molecule has 0 spiro atoms. The Bertz CT molecular complexity index is 910. The molecule has 3 aromatic rings. The Morgan fingerprint density at radius 3 is 2.72 bits per heavy atom. The van der Waals surface area contributed by atoms with E-state index in [1.54, 1.807) is 24.3 Å². The van der Waals surface area contributed by atoms with Gasteiger partial charge < -0.3 is 9.84 Å². The number of ketones is 1. The van der Waals surface area contributed by atoms with Gasteiger partial charge in [0.1, 0.15) is 5.76 Å². The number of aromatic nitrogens is 1. The molecule has 1 amide bonds. The number of thiophene rings is 1. The number of rotatable bonds is 6. The van der Waals surface area contributed by atoms with Crippen molar-refractivity contribution in [1.82, 2.24) is 10.5 Å². The van der Waals surface area contributed by atoms with Gasteiger partial charge in [-0.25, -0.2) is 0 Å². The fourth-order valence-corrected chi connectivity index (χ4v) is 3.45. The van der Waals surface area contributed by atoms with Gasteiger partial charge in [-0.1, -0.05) is 35.5 Å². The van der Waals surface area contributed by atoms with Gasteiger partial charge in [-0.05, 0) is 25.0 Å². The summed E-state index contributed by atoms with van der Waals surface area (Å²) in [6.45, 7) is 0.358. The lowest BCUT2D eigenvalue weighted by molar-refractivity contribution is 0.0941. The Morgan fingerprint density at radius 2 is 1.96 bits per heavy atom. The Morgan fingerprint density at radius 1 is 1.16 bits per heavy atom. The van der Waals surface area contributed by atoms with Gasteiger partial charge in [0.05, 0.1) is 11.4 Å². The van der Waals surface area contributed by atoms with Gasteiger partial charge in [0.15, 0.2) is 5.69 Å². The van der Waals surface area contributed by atoms with E-state index < -0.39 is 0 Å². The maximum atomic E-state index is 12.4. The zero-order valence-corrected chi connectivity index (χ0v) is 14.2. The summed E-state index contributed by atoms with van der Waals surface area (Å²) >= 11 is 1.38. The lowest BCUT2D eigenvalue weighted by Gasteiger charge is -2.00. The van der Waals surface area contributed by atoms with Crippen LogP contribution < -0.4 is 5.32 Å². The Labute approximate surface area is 148 Å². The van der Waals surface area contributed by atoms with E-state index >= 15 is 0 Å². The fraction of sp³-hybridized carbons (Fsp3) is 0.211. The molecule has 1 aromatic carbocycles. The molecule has 0 atom stereocenters. The van der Waals surface area contributed by atoms with E-state index in [0.717, 1.165) is 23.5 Å². The van der Waals surface area contributed by atoms with E-state index in [4.69, 9.17) is 4.52 Å². The van der Waals surface area contributed by atoms with E-state index in [-0.39, 0.29) is 11.7 Å². The van der Waals surface area contributed by atoms with Gasteiger partial charge in [0.2, 0.25) is 5.78 Å². The molecule has 126 valence electrons. The molecule has 1 aliphatic rings. The molecular weight excluding hydrogens is 336 g/mol. The van der Waals surface area contributed by atoms with Gasteiger partial charge in [-0.2, -0.15) is 0 Å². The maximum Gasteiger partial charge on any atom is 0.273 e. The molecule has 2 aromatic heterocycles. The molecule has 1 fully saturated rings. The number of nitrogens with zero attached hydrogens (tertiary/aromatic N) is 1.